The first-order chi connectivity index (χ1) is 13.2. The molecule has 1 saturated heterocycles. The van der Waals surface area contributed by atoms with Crippen molar-refractivity contribution in [1.82, 2.24) is 20.3 Å². The summed E-state index contributed by atoms with van der Waals surface area (Å²) in [5, 5.41) is 4.81. The normalized spacial score (nSPS) is 14.3. The van der Waals surface area contributed by atoms with Gasteiger partial charge in [0.05, 0.1) is 12.2 Å². The Morgan fingerprint density at radius 1 is 1.11 bits per heavy atom. The molecule has 0 bridgehead atoms. The van der Waals surface area contributed by atoms with Gasteiger partial charge in [-0.05, 0) is 43.7 Å². The van der Waals surface area contributed by atoms with Crippen LogP contribution in [0.1, 0.15) is 41.1 Å². The van der Waals surface area contributed by atoms with Crippen LogP contribution in [0.25, 0.3) is 10.8 Å². The second-order valence-corrected chi connectivity index (χ2v) is 6.91. The lowest BCUT2D eigenvalue weighted by Crippen LogP contribution is -2.32. The van der Waals surface area contributed by atoms with Gasteiger partial charge in [0.2, 0.25) is 5.95 Å². The largest absolute Gasteiger partial charge is 0.345 e. The highest BCUT2D eigenvalue weighted by molar-refractivity contribution is 6.05. The first-order valence-corrected chi connectivity index (χ1v) is 9.42. The number of pyridine rings is 1. The number of anilines is 1. The van der Waals surface area contributed by atoms with Crippen molar-refractivity contribution < 1.29 is 4.79 Å². The number of nitrogens with one attached hydrogen (secondary N) is 1. The minimum atomic E-state index is -0.192. The van der Waals surface area contributed by atoms with Gasteiger partial charge >= 0.3 is 0 Å². The summed E-state index contributed by atoms with van der Waals surface area (Å²) >= 11 is 0. The highest BCUT2D eigenvalue weighted by Gasteiger charge is 2.16. The summed E-state index contributed by atoms with van der Waals surface area (Å²) in [4.78, 5) is 28.4. The smallest absolute Gasteiger partial charge is 0.270 e. The summed E-state index contributed by atoms with van der Waals surface area (Å²) in [7, 11) is 0. The van der Waals surface area contributed by atoms with Crippen LogP contribution in [0, 0.1) is 6.92 Å². The summed E-state index contributed by atoms with van der Waals surface area (Å²) in [6, 6.07) is 11.6. The third-order valence-corrected chi connectivity index (χ3v) is 4.85. The molecule has 1 aliphatic heterocycles. The maximum Gasteiger partial charge on any atom is 0.270 e. The van der Waals surface area contributed by atoms with E-state index in [0.717, 1.165) is 41.2 Å². The fraction of sp³-hybridized carbons (Fsp3) is 0.333. The van der Waals surface area contributed by atoms with E-state index < -0.39 is 0 Å². The van der Waals surface area contributed by atoms with E-state index in [-0.39, 0.29) is 5.91 Å². The van der Waals surface area contributed by atoms with Crippen LogP contribution < -0.4 is 10.2 Å². The number of piperidine rings is 1. The Morgan fingerprint density at radius 3 is 2.78 bits per heavy atom. The van der Waals surface area contributed by atoms with E-state index in [0.29, 0.717) is 12.2 Å². The van der Waals surface area contributed by atoms with Crippen molar-refractivity contribution in [3.63, 3.8) is 0 Å². The summed E-state index contributed by atoms with van der Waals surface area (Å²) in [6.07, 6.45) is 5.29. The lowest BCUT2D eigenvalue weighted by molar-refractivity contribution is 0.0947. The number of hydrogen-bond acceptors (Lipinski definition) is 5. The Hall–Kier alpha value is -3.02. The van der Waals surface area contributed by atoms with Crippen molar-refractivity contribution in [2.75, 3.05) is 18.0 Å². The minimum Gasteiger partial charge on any atom is -0.345 e. The van der Waals surface area contributed by atoms with Crippen molar-refractivity contribution >= 4 is 22.6 Å². The molecular formula is C21H23N5O. The molecule has 6 heteroatoms. The molecule has 0 spiro atoms. The van der Waals surface area contributed by atoms with Gasteiger partial charge in [0.25, 0.3) is 5.91 Å². The lowest BCUT2D eigenvalue weighted by atomic mass is 10.1. The highest BCUT2D eigenvalue weighted by atomic mass is 16.1. The molecule has 3 aromatic rings. The zero-order valence-electron chi connectivity index (χ0n) is 15.5. The molecule has 1 fully saturated rings. The molecule has 0 unspecified atom stereocenters. The molecule has 1 aromatic carbocycles. The number of aromatic nitrogens is 3. The minimum absolute atomic E-state index is 0.192. The number of hydrogen-bond donors (Lipinski definition) is 1. The average molecular weight is 361 g/mol. The van der Waals surface area contributed by atoms with E-state index in [2.05, 4.69) is 25.2 Å². The monoisotopic (exact) mass is 361 g/mol. The summed E-state index contributed by atoms with van der Waals surface area (Å²) in [5.41, 5.74) is 2.17. The molecule has 1 N–H and O–H groups in total. The Balaban J connectivity index is 1.51. The van der Waals surface area contributed by atoms with Crippen LogP contribution in [-0.2, 0) is 6.54 Å². The standard InChI is InChI=1S/C21H23N5O/c1-15-13-17(25-21(24-15)26-11-5-2-6-12-26)14-23-20(27)19-18-8-4-3-7-16(18)9-10-22-19/h3-4,7-10,13H,2,5-6,11-12,14H2,1H3,(H,23,27). The van der Waals surface area contributed by atoms with Crippen molar-refractivity contribution in [3.05, 3.63) is 59.7 Å². The fourth-order valence-corrected chi connectivity index (χ4v) is 3.50. The molecule has 4 rings (SSSR count). The van der Waals surface area contributed by atoms with Crippen LogP contribution >= 0.6 is 0 Å². The molecule has 0 atom stereocenters. The van der Waals surface area contributed by atoms with Gasteiger partial charge in [-0.1, -0.05) is 24.3 Å². The molecule has 2 aromatic heterocycles. The number of aryl methyl sites for hydroxylation is 1. The number of carbonyl (C=O) groups is 1. The number of nitrogens with zero attached hydrogens (tertiary/aromatic N) is 4. The highest BCUT2D eigenvalue weighted by Crippen LogP contribution is 2.18. The van der Waals surface area contributed by atoms with E-state index in [1.807, 2.05) is 43.3 Å². The molecule has 1 amide bonds. The van der Waals surface area contributed by atoms with Gasteiger partial charge < -0.3 is 10.2 Å². The van der Waals surface area contributed by atoms with Gasteiger partial charge in [-0.2, -0.15) is 0 Å². The first kappa shape index (κ1) is 17.4. The summed E-state index contributed by atoms with van der Waals surface area (Å²) in [5.74, 6) is 0.574. The molecule has 27 heavy (non-hydrogen) atoms. The Morgan fingerprint density at radius 2 is 1.93 bits per heavy atom. The number of rotatable bonds is 4. The van der Waals surface area contributed by atoms with Crippen LogP contribution in [0.5, 0.6) is 0 Å². The maximum absolute atomic E-state index is 12.7. The third-order valence-electron chi connectivity index (χ3n) is 4.85. The van der Waals surface area contributed by atoms with Gasteiger partial charge in [-0.3, -0.25) is 9.78 Å². The zero-order valence-corrected chi connectivity index (χ0v) is 15.5. The second-order valence-electron chi connectivity index (χ2n) is 6.91. The van der Waals surface area contributed by atoms with Crippen LogP contribution in [0.15, 0.2) is 42.6 Å². The van der Waals surface area contributed by atoms with Crippen LogP contribution in [-0.4, -0.2) is 33.9 Å². The number of fused-ring (bicyclic) bond motifs is 1. The van der Waals surface area contributed by atoms with Gasteiger partial charge in [0, 0.05) is 30.4 Å². The van der Waals surface area contributed by atoms with E-state index >= 15 is 0 Å². The van der Waals surface area contributed by atoms with Crippen LogP contribution in [0.4, 0.5) is 5.95 Å². The van der Waals surface area contributed by atoms with Crippen LogP contribution in [0.2, 0.25) is 0 Å². The Kier molecular flexibility index (Phi) is 4.96. The van der Waals surface area contributed by atoms with Crippen LogP contribution in [0.3, 0.4) is 0 Å². The first-order valence-electron chi connectivity index (χ1n) is 9.42. The van der Waals surface area contributed by atoms with Gasteiger partial charge in [-0.25, -0.2) is 9.97 Å². The predicted molar refractivity (Wildman–Crippen MR) is 106 cm³/mol. The van der Waals surface area contributed by atoms with Crippen molar-refractivity contribution in [1.29, 1.82) is 0 Å². The summed E-state index contributed by atoms with van der Waals surface area (Å²) < 4.78 is 0. The molecule has 1 aliphatic rings. The van der Waals surface area contributed by atoms with E-state index in [9.17, 15) is 4.79 Å². The number of benzene rings is 1. The molecule has 138 valence electrons. The molecular weight excluding hydrogens is 338 g/mol. The summed E-state index contributed by atoms with van der Waals surface area (Å²) in [6.45, 7) is 4.31. The Bertz CT molecular complexity index is 960. The maximum atomic E-state index is 12.7. The zero-order chi connectivity index (χ0) is 18.6. The van der Waals surface area contributed by atoms with Crippen molar-refractivity contribution in [3.8, 4) is 0 Å². The SMILES string of the molecule is Cc1cc(CNC(=O)c2nccc3ccccc23)nc(N2CCCCC2)n1. The third kappa shape index (κ3) is 3.89. The molecule has 0 radical (unpaired) electrons. The molecule has 0 saturated carbocycles. The Labute approximate surface area is 158 Å². The molecule has 6 nitrogen and oxygen atoms in total. The lowest BCUT2D eigenvalue weighted by Gasteiger charge is -2.27. The second kappa shape index (κ2) is 7.70. The van der Waals surface area contributed by atoms with Gasteiger partial charge in [0.1, 0.15) is 5.69 Å². The van der Waals surface area contributed by atoms with E-state index in [1.165, 1.54) is 19.3 Å². The number of carbonyl (C=O) groups excluding carboxylic acids is 1. The fourth-order valence-electron chi connectivity index (χ4n) is 3.50. The predicted octanol–water partition coefficient (Wildman–Crippen LogP) is 3.25. The van der Waals surface area contributed by atoms with Crippen molar-refractivity contribution in [2.45, 2.75) is 32.7 Å². The topological polar surface area (TPSA) is 71.0 Å². The quantitative estimate of drug-likeness (QED) is 0.772. The molecule has 3 heterocycles. The average Bonchev–Trinajstić information content (AvgIpc) is 2.72. The van der Waals surface area contributed by atoms with Gasteiger partial charge in [-0.15, -0.1) is 0 Å². The van der Waals surface area contributed by atoms with Gasteiger partial charge in [0.15, 0.2) is 0 Å². The molecule has 0 aliphatic carbocycles. The number of amides is 1. The van der Waals surface area contributed by atoms with Crippen molar-refractivity contribution in [2.24, 2.45) is 0 Å². The van der Waals surface area contributed by atoms with E-state index in [4.69, 9.17) is 0 Å². The van der Waals surface area contributed by atoms with E-state index in [1.54, 1.807) is 6.20 Å².